The molecule has 0 spiro atoms. The molecule has 0 unspecified atom stereocenters. The summed E-state index contributed by atoms with van der Waals surface area (Å²) in [6.07, 6.45) is -3.11. The quantitative estimate of drug-likeness (QED) is 0.625. The number of alkyl halides is 3. The molecule has 3 aromatic rings. The number of hydrogen-bond acceptors (Lipinski definition) is 2. The fourth-order valence-corrected chi connectivity index (χ4v) is 2.43. The van der Waals surface area contributed by atoms with Crippen molar-refractivity contribution in [2.24, 2.45) is 0 Å². The van der Waals surface area contributed by atoms with Gasteiger partial charge in [0.05, 0.1) is 10.5 Å². The van der Waals surface area contributed by atoms with E-state index in [2.05, 4.69) is 9.72 Å². The minimum absolute atomic E-state index is 0.109. The van der Waals surface area contributed by atoms with Crippen molar-refractivity contribution in [1.82, 2.24) is 4.98 Å². The van der Waals surface area contributed by atoms with Crippen LogP contribution in [-0.2, 0) is 0 Å². The van der Waals surface area contributed by atoms with Crippen molar-refractivity contribution in [3.8, 4) is 16.9 Å². The number of hydrogen-bond donors (Lipinski definition) is 0. The molecule has 0 aliphatic carbocycles. The number of benzene rings is 2. The van der Waals surface area contributed by atoms with Gasteiger partial charge in [-0.25, -0.2) is 0 Å². The maximum absolute atomic E-state index is 12.3. The largest absolute Gasteiger partial charge is 0.573 e. The van der Waals surface area contributed by atoms with Gasteiger partial charge in [-0.15, -0.1) is 13.2 Å². The van der Waals surface area contributed by atoms with Gasteiger partial charge in [-0.05, 0) is 23.8 Å². The second kappa shape index (κ2) is 5.50. The second-order valence-electron chi connectivity index (χ2n) is 4.57. The minimum Gasteiger partial charge on any atom is -0.404 e. The van der Waals surface area contributed by atoms with Gasteiger partial charge in [-0.3, -0.25) is 4.98 Å². The lowest BCUT2D eigenvalue weighted by atomic mass is 10.0. The number of rotatable bonds is 2. The molecule has 0 aliphatic rings. The summed E-state index contributed by atoms with van der Waals surface area (Å²) in [5, 5.41) is 0.828. The first-order chi connectivity index (χ1) is 10.4. The Morgan fingerprint density at radius 3 is 2.50 bits per heavy atom. The molecule has 0 fully saturated rings. The lowest BCUT2D eigenvalue weighted by Gasteiger charge is -2.12. The van der Waals surface area contributed by atoms with Crippen LogP contribution in [0.1, 0.15) is 0 Å². The molecule has 0 bridgehead atoms. The average Bonchev–Trinajstić information content (AvgIpc) is 2.47. The molecule has 0 amide bonds. The lowest BCUT2D eigenvalue weighted by molar-refractivity contribution is -0.274. The first-order valence-corrected chi connectivity index (χ1v) is 6.71. The highest BCUT2D eigenvalue weighted by atomic mass is 35.5. The smallest absolute Gasteiger partial charge is 0.404 e. The molecule has 1 aromatic heterocycles. The Bertz CT molecular complexity index is 828. The lowest BCUT2D eigenvalue weighted by Crippen LogP contribution is -2.17. The molecule has 1 heterocycles. The first-order valence-electron chi connectivity index (χ1n) is 6.33. The summed E-state index contributed by atoms with van der Waals surface area (Å²) in [6, 6.07) is 13.5. The van der Waals surface area contributed by atoms with Crippen LogP contribution in [-0.4, -0.2) is 11.3 Å². The zero-order chi connectivity index (χ0) is 15.7. The normalized spacial score (nSPS) is 11.6. The van der Waals surface area contributed by atoms with Crippen LogP contribution in [0.3, 0.4) is 0 Å². The Hall–Kier alpha value is -2.27. The summed E-state index contributed by atoms with van der Waals surface area (Å²) in [7, 11) is 0. The van der Waals surface area contributed by atoms with E-state index < -0.39 is 12.1 Å². The van der Waals surface area contributed by atoms with Gasteiger partial charge in [0.15, 0.2) is 0 Å². The Labute approximate surface area is 129 Å². The van der Waals surface area contributed by atoms with E-state index in [0.717, 1.165) is 16.5 Å². The highest BCUT2D eigenvalue weighted by Gasteiger charge is 2.32. The number of halogens is 4. The monoisotopic (exact) mass is 323 g/mol. The topological polar surface area (TPSA) is 22.1 Å². The molecule has 112 valence electrons. The number of pyridine rings is 1. The van der Waals surface area contributed by atoms with Crippen molar-refractivity contribution in [3.63, 3.8) is 0 Å². The molecule has 6 heteroatoms. The van der Waals surface area contributed by atoms with E-state index >= 15 is 0 Å². The molecule has 0 saturated heterocycles. The molecule has 2 aromatic carbocycles. The highest BCUT2D eigenvalue weighted by Crippen LogP contribution is 2.35. The van der Waals surface area contributed by atoms with Crippen molar-refractivity contribution in [2.45, 2.75) is 6.36 Å². The van der Waals surface area contributed by atoms with Gasteiger partial charge in [0.1, 0.15) is 5.75 Å². The zero-order valence-corrected chi connectivity index (χ0v) is 11.8. The molecule has 0 saturated carbocycles. The van der Waals surface area contributed by atoms with Crippen LogP contribution in [0.4, 0.5) is 13.2 Å². The van der Waals surface area contributed by atoms with Gasteiger partial charge in [0, 0.05) is 17.1 Å². The number of fused-ring (bicyclic) bond motifs is 1. The van der Waals surface area contributed by atoms with Gasteiger partial charge >= 0.3 is 6.36 Å². The molecule has 22 heavy (non-hydrogen) atoms. The molecular formula is C16H9ClF3NO. The fraction of sp³-hybridized carbons (Fsp3) is 0.0625. The van der Waals surface area contributed by atoms with Crippen LogP contribution in [0.25, 0.3) is 22.0 Å². The third-order valence-electron chi connectivity index (χ3n) is 3.10. The Morgan fingerprint density at radius 1 is 1.00 bits per heavy atom. The van der Waals surface area contributed by atoms with E-state index in [-0.39, 0.29) is 5.02 Å². The third kappa shape index (κ3) is 2.99. The van der Waals surface area contributed by atoms with Crippen LogP contribution < -0.4 is 4.74 Å². The van der Waals surface area contributed by atoms with Gasteiger partial charge in [0.2, 0.25) is 0 Å². The van der Waals surface area contributed by atoms with Crippen molar-refractivity contribution in [3.05, 3.63) is 59.8 Å². The average molecular weight is 324 g/mol. The summed E-state index contributed by atoms with van der Waals surface area (Å²) >= 11 is 5.89. The van der Waals surface area contributed by atoms with Crippen molar-refractivity contribution < 1.29 is 17.9 Å². The van der Waals surface area contributed by atoms with E-state index in [1.807, 2.05) is 30.3 Å². The van der Waals surface area contributed by atoms with E-state index in [1.54, 1.807) is 6.20 Å². The molecule has 2 nitrogen and oxygen atoms in total. The number of ether oxygens (including phenoxy) is 1. The molecule has 0 N–H and O–H groups in total. The van der Waals surface area contributed by atoms with Gasteiger partial charge in [0.25, 0.3) is 0 Å². The summed E-state index contributed by atoms with van der Waals surface area (Å²) in [6.45, 7) is 0. The number of aromatic nitrogens is 1. The zero-order valence-electron chi connectivity index (χ0n) is 11.1. The van der Waals surface area contributed by atoms with Crippen molar-refractivity contribution in [1.29, 1.82) is 0 Å². The van der Waals surface area contributed by atoms with E-state index in [9.17, 15) is 13.2 Å². The molecule has 0 radical (unpaired) electrons. The fourth-order valence-electron chi connectivity index (χ4n) is 2.21. The van der Waals surface area contributed by atoms with E-state index in [0.29, 0.717) is 5.56 Å². The minimum atomic E-state index is -4.77. The van der Waals surface area contributed by atoms with Gasteiger partial charge in [-0.2, -0.15) is 0 Å². The predicted molar refractivity (Wildman–Crippen MR) is 78.9 cm³/mol. The van der Waals surface area contributed by atoms with Crippen LogP contribution in [0.15, 0.2) is 54.7 Å². The third-order valence-corrected chi connectivity index (χ3v) is 3.40. The van der Waals surface area contributed by atoms with E-state index in [1.165, 1.54) is 18.2 Å². The van der Waals surface area contributed by atoms with Gasteiger partial charge in [-0.1, -0.05) is 41.9 Å². The predicted octanol–water partition coefficient (Wildman–Crippen LogP) is 5.45. The summed E-state index contributed by atoms with van der Waals surface area (Å²) in [5.41, 5.74) is 2.22. The maximum Gasteiger partial charge on any atom is 0.573 e. The van der Waals surface area contributed by atoms with Crippen LogP contribution >= 0.6 is 11.6 Å². The molecule has 3 rings (SSSR count). The Kier molecular flexibility index (Phi) is 3.66. The molecular weight excluding hydrogens is 315 g/mol. The number of para-hydroxylation sites is 1. The van der Waals surface area contributed by atoms with Crippen LogP contribution in [0.2, 0.25) is 5.02 Å². The standard InChI is InChI=1S/C16H9ClF3NO/c17-13-9-11(6-7-14(13)22-16(18,19)20)12-5-1-3-10-4-2-8-21-15(10)12/h1-9H. The molecule has 0 atom stereocenters. The van der Waals surface area contributed by atoms with E-state index in [4.69, 9.17) is 11.6 Å². The Balaban J connectivity index is 2.07. The second-order valence-corrected chi connectivity index (χ2v) is 4.98. The summed E-state index contributed by atoms with van der Waals surface area (Å²) in [5.74, 6) is -0.425. The molecule has 0 aliphatic heterocycles. The number of nitrogens with zero attached hydrogens (tertiary/aromatic N) is 1. The summed E-state index contributed by atoms with van der Waals surface area (Å²) in [4.78, 5) is 4.31. The maximum atomic E-state index is 12.3. The van der Waals surface area contributed by atoms with Crippen molar-refractivity contribution in [2.75, 3.05) is 0 Å². The highest BCUT2D eigenvalue weighted by molar-refractivity contribution is 6.32. The van der Waals surface area contributed by atoms with Crippen molar-refractivity contribution >= 4 is 22.5 Å². The SMILES string of the molecule is FC(F)(F)Oc1ccc(-c2cccc3cccnc23)cc1Cl. The Morgan fingerprint density at radius 2 is 1.77 bits per heavy atom. The van der Waals surface area contributed by atoms with Gasteiger partial charge < -0.3 is 4.74 Å². The van der Waals surface area contributed by atoms with Crippen LogP contribution in [0.5, 0.6) is 5.75 Å². The first kappa shape index (κ1) is 14.7. The summed E-state index contributed by atoms with van der Waals surface area (Å²) < 4.78 is 40.7. The van der Waals surface area contributed by atoms with Crippen LogP contribution in [0, 0.1) is 0 Å².